The fourth-order valence-corrected chi connectivity index (χ4v) is 1.29. The summed E-state index contributed by atoms with van der Waals surface area (Å²) in [6, 6.07) is 1.67. The number of nitrogens with one attached hydrogen (secondary N) is 1. The largest absolute Gasteiger partial charge is 0.346 e. The first-order chi connectivity index (χ1) is 8.32. The van der Waals surface area contributed by atoms with E-state index in [0.29, 0.717) is 6.07 Å². The minimum absolute atomic E-state index is 0.105. The summed E-state index contributed by atoms with van der Waals surface area (Å²) in [6.07, 6.45) is -2.78. The monoisotopic (exact) mass is 262 g/mol. The fraction of sp³-hybridized carbons (Fsp3) is 0.300. The summed E-state index contributed by atoms with van der Waals surface area (Å²) in [7, 11) is 0. The van der Waals surface area contributed by atoms with Gasteiger partial charge in [-0.15, -0.1) is 0 Å². The van der Waals surface area contributed by atoms with E-state index in [0.717, 1.165) is 6.07 Å². The highest BCUT2D eigenvalue weighted by Gasteiger charge is 2.20. The predicted molar refractivity (Wildman–Crippen MR) is 56.1 cm³/mol. The summed E-state index contributed by atoms with van der Waals surface area (Å²) in [5.74, 6) is -2.08. The van der Waals surface area contributed by atoms with Crippen molar-refractivity contribution in [2.75, 3.05) is 6.54 Å². The van der Waals surface area contributed by atoms with Crippen molar-refractivity contribution in [3.8, 4) is 0 Å². The quantitative estimate of drug-likeness (QED) is 0.666. The number of halogens is 3. The molecule has 0 spiro atoms. The van der Waals surface area contributed by atoms with Crippen molar-refractivity contribution in [3.63, 3.8) is 0 Å². The molecule has 0 radical (unpaired) electrons. The van der Waals surface area contributed by atoms with Crippen LogP contribution in [0.15, 0.2) is 12.1 Å². The molecule has 18 heavy (non-hydrogen) atoms. The van der Waals surface area contributed by atoms with Crippen molar-refractivity contribution >= 4 is 11.6 Å². The molecule has 0 aromatic heterocycles. The van der Waals surface area contributed by atoms with Crippen molar-refractivity contribution < 1.29 is 22.9 Å². The van der Waals surface area contributed by atoms with Gasteiger partial charge in [-0.3, -0.25) is 14.9 Å². The smallest absolute Gasteiger partial charge is 0.270 e. The predicted octanol–water partition coefficient (Wildman–Crippen LogP) is 2.04. The SMILES string of the molecule is Cc1cc([N+](=O)[O-])cc(C(=O)NCC(F)F)c1F. The standard InChI is InChI=1S/C10H9F3N2O3/c1-5-2-6(15(17)18)3-7(9(5)13)10(16)14-4-8(11)12/h2-3,8H,4H2,1H3,(H,14,16). The lowest BCUT2D eigenvalue weighted by Crippen LogP contribution is -2.29. The number of aryl methyl sites for hydroxylation is 1. The van der Waals surface area contributed by atoms with Gasteiger partial charge in [-0.2, -0.15) is 0 Å². The number of nitrogens with zero attached hydrogens (tertiary/aromatic N) is 1. The van der Waals surface area contributed by atoms with Gasteiger partial charge in [0.15, 0.2) is 0 Å². The minimum Gasteiger partial charge on any atom is -0.346 e. The van der Waals surface area contributed by atoms with Crippen molar-refractivity contribution in [1.29, 1.82) is 0 Å². The molecule has 0 aliphatic heterocycles. The second-order valence-electron chi connectivity index (χ2n) is 3.48. The first kappa shape index (κ1) is 13.9. The van der Waals surface area contributed by atoms with Gasteiger partial charge in [-0.1, -0.05) is 0 Å². The van der Waals surface area contributed by atoms with E-state index in [2.05, 4.69) is 0 Å². The zero-order valence-electron chi connectivity index (χ0n) is 9.25. The number of carbonyl (C=O) groups is 1. The topological polar surface area (TPSA) is 72.2 Å². The number of hydrogen-bond acceptors (Lipinski definition) is 3. The molecule has 98 valence electrons. The zero-order chi connectivity index (χ0) is 13.9. The van der Waals surface area contributed by atoms with Gasteiger partial charge >= 0.3 is 0 Å². The number of rotatable bonds is 4. The number of nitro benzene ring substituents is 1. The summed E-state index contributed by atoms with van der Waals surface area (Å²) in [5, 5.41) is 12.3. The maximum absolute atomic E-state index is 13.5. The lowest BCUT2D eigenvalue weighted by Gasteiger charge is -2.07. The molecule has 0 aliphatic rings. The summed E-state index contributed by atoms with van der Waals surface area (Å²) in [6.45, 7) is 0.298. The van der Waals surface area contributed by atoms with Gasteiger partial charge in [0.1, 0.15) is 5.82 Å². The molecule has 0 saturated heterocycles. The van der Waals surface area contributed by atoms with Crippen LogP contribution in [0.5, 0.6) is 0 Å². The molecule has 0 saturated carbocycles. The number of hydrogen-bond donors (Lipinski definition) is 1. The van der Waals surface area contributed by atoms with Crippen LogP contribution < -0.4 is 5.32 Å². The number of alkyl halides is 2. The Labute approximate surface area is 99.8 Å². The molecule has 1 aromatic rings. The molecular weight excluding hydrogens is 253 g/mol. The maximum Gasteiger partial charge on any atom is 0.270 e. The number of benzene rings is 1. The van der Waals surface area contributed by atoms with E-state index in [-0.39, 0.29) is 5.56 Å². The van der Waals surface area contributed by atoms with Gasteiger partial charge in [0.2, 0.25) is 0 Å². The van der Waals surface area contributed by atoms with E-state index >= 15 is 0 Å². The Hall–Kier alpha value is -2.12. The summed E-state index contributed by atoms with van der Waals surface area (Å²) in [4.78, 5) is 21.1. The average molecular weight is 262 g/mol. The highest BCUT2D eigenvalue weighted by Crippen LogP contribution is 2.20. The average Bonchev–Trinajstić information content (AvgIpc) is 2.29. The molecule has 0 fully saturated rings. The number of amides is 1. The number of non-ortho nitro benzene ring substituents is 1. The molecular formula is C10H9F3N2O3. The van der Waals surface area contributed by atoms with Crippen LogP contribution in [0.2, 0.25) is 0 Å². The van der Waals surface area contributed by atoms with Gasteiger partial charge < -0.3 is 5.32 Å². The van der Waals surface area contributed by atoms with Crippen molar-refractivity contribution in [2.45, 2.75) is 13.3 Å². The number of carbonyl (C=O) groups excluding carboxylic acids is 1. The van der Waals surface area contributed by atoms with Crippen LogP contribution in [0.3, 0.4) is 0 Å². The first-order valence-electron chi connectivity index (χ1n) is 4.83. The third-order valence-corrected chi connectivity index (χ3v) is 2.11. The van der Waals surface area contributed by atoms with Gasteiger partial charge in [0.05, 0.1) is 17.0 Å². The normalized spacial score (nSPS) is 10.5. The third kappa shape index (κ3) is 3.19. The Morgan fingerprint density at radius 2 is 2.11 bits per heavy atom. The van der Waals surface area contributed by atoms with Crippen LogP contribution in [-0.4, -0.2) is 23.8 Å². The van der Waals surface area contributed by atoms with E-state index in [9.17, 15) is 28.1 Å². The lowest BCUT2D eigenvalue weighted by atomic mass is 10.1. The molecule has 0 unspecified atom stereocenters. The summed E-state index contributed by atoms with van der Waals surface area (Å²) in [5.41, 5.74) is -1.20. The zero-order valence-corrected chi connectivity index (χ0v) is 9.25. The van der Waals surface area contributed by atoms with Crippen LogP contribution in [0.25, 0.3) is 0 Å². The Bertz CT molecular complexity index is 492. The molecule has 0 atom stereocenters. The highest BCUT2D eigenvalue weighted by molar-refractivity contribution is 5.95. The fourth-order valence-electron chi connectivity index (χ4n) is 1.29. The van der Waals surface area contributed by atoms with Gasteiger partial charge in [-0.25, -0.2) is 13.2 Å². The minimum atomic E-state index is -2.78. The highest BCUT2D eigenvalue weighted by atomic mass is 19.3. The maximum atomic E-state index is 13.5. The Kier molecular flexibility index (Phi) is 4.24. The second-order valence-corrected chi connectivity index (χ2v) is 3.48. The molecule has 1 N–H and O–H groups in total. The van der Waals surface area contributed by atoms with Gasteiger partial charge in [0.25, 0.3) is 18.0 Å². The lowest BCUT2D eigenvalue weighted by molar-refractivity contribution is -0.385. The van der Waals surface area contributed by atoms with E-state index in [1.54, 1.807) is 5.32 Å². The van der Waals surface area contributed by atoms with E-state index in [1.165, 1.54) is 6.92 Å². The van der Waals surface area contributed by atoms with Crippen molar-refractivity contribution in [3.05, 3.63) is 39.2 Å². The Balaban J connectivity index is 3.07. The second kappa shape index (κ2) is 5.48. The van der Waals surface area contributed by atoms with Gasteiger partial charge in [0, 0.05) is 12.1 Å². The molecule has 1 aromatic carbocycles. The van der Waals surface area contributed by atoms with Gasteiger partial charge in [-0.05, 0) is 12.5 Å². The molecule has 0 bridgehead atoms. The van der Waals surface area contributed by atoms with Crippen LogP contribution >= 0.6 is 0 Å². The first-order valence-corrected chi connectivity index (χ1v) is 4.83. The summed E-state index contributed by atoms with van der Waals surface area (Å²) < 4.78 is 37.3. The summed E-state index contributed by atoms with van der Waals surface area (Å²) >= 11 is 0. The Morgan fingerprint density at radius 1 is 1.50 bits per heavy atom. The molecule has 0 heterocycles. The van der Waals surface area contributed by atoms with Crippen LogP contribution in [0, 0.1) is 22.9 Å². The van der Waals surface area contributed by atoms with E-state index in [4.69, 9.17) is 0 Å². The molecule has 1 rings (SSSR count). The molecule has 8 heteroatoms. The van der Waals surface area contributed by atoms with Crippen LogP contribution in [-0.2, 0) is 0 Å². The molecule has 0 aliphatic carbocycles. The molecule has 5 nitrogen and oxygen atoms in total. The Morgan fingerprint density at radius 3 is 2.61 bits per heavy atom. The molecule has 1 amide bonds. The van der Waals surface area contributed by atoms with E-state index in [1.807, 2.05) is 0 Å². The van der Waals surface area contributed by atoms with Crippen LogP contribution in [0.1, 0.15) is 15.9 Å². The number of nitro groups is 1. The van der Waals surface area contributed by atoms with Crippen molar-refractivity contribution in [1.82, 2.24) is 5.32 Å². The van der Waals surface area contributed by atoms with E-state index < -0.39 is 40.9 Å². The van der Waals surface area contributed by atoms with Crippen molar-refractivity contribution in [2.24, 2.45) is 0 Å². The third-order valence-electron chi connectivity index (χ3n) is 2.11. The van der Waals surface area contributed by atoms with Crippen LogP contribution in [0.4, 0.5) is 18.9 Å².